The summed E-state index contributed by atoms with van der Waals surface area (Å²) in [6, 6.07) is 7.83. The Labute approximate surface area is 131 Å². The Kier molecular flexibility index (Phi) is 5.44. The molecule has 7 heteroatoms. The Bertz CT molecular complexity index is 639. The van der Waals surface area contributed by atoms with Gasteiger partial charge in [-0.2, -0.15) is 13.2 Å². The Morgan fingerprint density at radius 2 is 1.96 bits per heavy atom. The highest BCUT2D eigenvalue weighted by Crippen LogP contribution is 2.34. The third-order valence-electron chi connectivity index (χ3n) is 3.29. The minimum absolute atomic E-state index is 0.246. The lowest BCUT2D eigenvalue weighted by Gasteiger charge is -2.17. The lowest BCUT2D eigenvalue weighted by molar-refractivity contribution is -0.137. The van der Waals surface area contributed by atoms with E-state index in [1.165, 1.54) is 18.2 Å². The Morgan fingerprint density at radius 3 is 2.61 bits per heavy atom. The first kappa shape index (κ1) is 17.1. The van der Waals surface area contributed by atoms with Crippen LogP contribution in [0.15, 0.2) is 47.1 Å². The van der Waals surface area contributed by atoms with Crippen molar-refractivity contribution in [2.75, 3.05) is 11.9 Å². The van der Waals surface area contributed by atoms with Crippen molar-refractivity contribution in [1.82, 2.24) is 5.32 Å². The number of hydrogen-bond acceptors (Lipinski definition) is 3. The SMILES string of the molecule is C[C@@H](NCCc1ccco1)C(=O)Nc1ccccc1C(F)(F)F. The summed E-state index contributed by atoms with van der Waals surface area (Å²) in [4.78, 5) is 12.0. The van der Waals surface area contributed by atoms with Crippen LogP contribution >= 0.6 is 0 Å². The van der Waals surface area contributed by atoms with E-state index in [1.54, 1.807) is 19.3 Å². The number of benzene rings is 1. The summed E-state index contributed by atoms with van der Waals surface area (Å²) in [7, 11) is 0. The number of furan rings is 1. The fourth-order valence-corrected chi connectivity index (χ4v) is 2.04. The number of para-hydroxylation sites is 1. The monoisotopic (exact) mass is 326 g/mol. The number of alkyl halides is 3. The second-order valence-corrected chi connectivity index (χ2v) is 5.04. The van der Waals surface area contributed by atoms with E-state index in [4.69, 9.17) is 4.42 Å². The van der Waals surface area contributed by atoms with Gasteiger partial charge >= 0.3 is 6.18 Å². The molecule has 0 fully saturated rings. The van der Waals surface area contributed by atoms with Crippen molar-refractivity contribution in [3.05, 3.63) is 54.0 Å². The zero-order chi connectivity index (χ0) is 16.9. The van der Waals surface area contributed by atoms with E-state index in [-0.39, 0.29) is 5.69 Å². The number of anilines is 1. The number of rotatable bonds is 6. The maximum atomic E-state index is 12.9. The van der Waals surface area contributed by atoms with Crippen LogP contribution in [0.3, 0.4) is 0 Å². The first-order chi connectivity index (χ1) is 10.9. The third kappa shape index (κ3) is 4.85. The summed E-state index contributed by atoms with van der Waals surface area (Å²) in [6.45, 7) is 2.07. The van der Waals surface area contributed by atoms with Gasteiger partial charge < -0.3 is 15.1 Å². The average Bonchev–Trinajstić information content (AvgIpc) is 3.00. The Hall–Kier alpha value is -2.28. The second-order valence-electron chi connectivity index (χ2n) is 5.04. The van der Waals surface area contributed by atoms with Crippen LogP contribution < -0.4 is 10.6 Å². The van der Waals surface area contributed by atoms with Crippen molar-refractivity contribution < 1.29 is 22.4 Å². The molecule has 0 aliphatic rings. The maximum absolute atomic E-state index is 12.9. The van der Waals surface area contributed by atoms with E-state index in [9.17, 15) is 18.0 Å². The molecule has 2 aromatic rings. The quantitative estimate of drug-likeness (QED) is 0.855. The van der Waals surface area contributed by atoms with Gasteiger partial charge in [0.1, 0.15) is 5.76 Å². The van der Waals surface area contributed by atoms with Crippen LogP contribution in [0.1, 0.15) is 18.2 Å². The highest BCUT2D eigenvalue weighted by molar-refractivity contribution is 5.95. The molecule has 0 bridgehead atoms. The zero-order valence-electron chi connectivity index (χ0n) is 12.5. The maximum Gasteiger partial charge on any atom is 0.418 e. The summed E-state index contributed by atoms with van der Waals surface area (Å²) >= 11 is 0. The molecule has 0 aliphatic heterocycles. The molecule has 1 aromatic carbocycles. The summed E-state index contributed by atoms with van der Waals surface area (Å²) in [5.41, 5.74) is -1.11. The van der Waals surface area contributed by atoms with E-state index in [1.807, 2.05) is 6.07 Å². The predicted octanol–water partition coefficient (Wildman–Crippen LogP) is 3.46. The number of carbonyl (C=O) groups excluding carboxylic acids is 1. The Balaban J connectivity index is 1.91. The minimum atomic E-state index is -4.51. The topological polar surface area (TPSA) is 54.3 Å². The van der Waals surface area contributed by atoms with Gasteiger partial charge in [0.05, 0.1) is 23.6 Å². The van der Waals surface area contributed by atoms with E-state index in [2.05, 4.69) is 10.6 Å². The molecule has 1 aromatic heterocycles. The molecule has 0 aliphatic carbocycles. The van der Waals surface area contributed by atoms with E-state index >= 15 is 0 Å². The number of carbonyl (C=O) groups is 1. The molecule has 0 radical (unpaired) electrons. The van der Waals surface area contributed by atoms with Gasteiger partial charge in [0.2, 0.25) is 5.91 Å². The fourth-order valence-electron chi connectivity index (χ4n) is 2.04. The van der Waals surface area contributed by atoms with Gasteiger partial charge in [-0.3, -0.25) is 4.79 Å². The highest BCUT2D eigenvalue weighted by Gasteiger charge is 2.33. The first-order valence-corrected chi connectivity index (χ1v) is 7.11. The summed E-state index contributed by atoms with van der Waals surface area (Å²) in [5, 5.41) is 5.26. The largest absolute Gasteiger partial charge is 0.469 e. The lowest BCUT2D eigenvalue weighted by Crippen LogP contribution is -2.39. The van der Waals surface area contributed by atoms with Crippen LogP contribution in [-0.2, 0) is 17.4 Å². The molecular formula is C16H17F3N2O2. The molecule has 2 N–H and O–H groups in total. The molecule has 1 amide bonds. The van der Waals surface area contributed by atoms with Gasteiger partial charge in [-0.05, 0) is 31.2 Å². The summed E-state index contributed by atoms with van der Waals surface area (Å²) < 4.78 is 43.8. The van der Waals surface area contributed by atoms with Gasteiger partial charge in [0.25, 0.3) is 0 Å². The van der Waals surface area contributed by atoms with Crippen LogP contribution in [0.4, 0.5) is 18.9 Å². The first-order valence-electron chi connectivity index (χ1n) is 7.11. The van der Waals surface area contributed by atoms with Crippen molar-refractivity contribution in [1.29, 1.82) is 0 Å². The van der Waals surface area contributed by atoms with Crippen LogP contribution in [0.2, 0.25) is 0 Å². The van der Waals surface area contributed by atoms with Crippen molar-refractivity contribution in [3.8, 4) is 0 Å². The minimum Gasteiger partial charge on any atom is -0.469 e. The van der Waals surface area contributed by atoms with Gasteiger partial charge in [-0.15, -0.1) is 0 Å². The molecular weight excluding hydrogens is 309 g/mol. The van der Waals surface area contributed by atoms with Crippen molar-refractivity contribution in [2.24, 2.45) is 0 Å². The summed E-state index contributed by atoms with van der Waals surface area (Å²) in [6.07, 6.45) is -2.37. The number of hydrogen-bond donors (Lipinski definition) is 2. The van der Waals surface area contributed by atoms with Crippen LogP contribution in [0.5, 0.6) is 0 Å². The van der Waals surface area contributed by atoms with Crippen molar-refractivity contribution in [2.45, 2.75) is 25.6 Å². The standard InChI is InChI=1S/C16H17F3N2O2/c1-11(20-9-8-12-5-4-10-23-12)15(22)21-14-7-3-2-6-13(14)16(17,18)19/h2-7,10-11,20H,8-9H2,1H3,(H,21,22)/t11-/m1/s1. The second kappa shape index (κ2) is 7.32. The third-order valence-corrected chi connectivity index (χ3v) is 3.29. The normalized spacial score (nSPS) is 12.9. The van der Waals surface area contributed by atoms with Crippen molar-refractivity contribution in [3.63, 3.8) is 0 Å². The van der Waals surface area contributed by atoms with Gasteiger partial charge in [-0.1, -0.05) is 12.1 Å². The summed E-state index contributed by atoms with van der Waals surface area (Å²) in [5.74, 6) is 0.244. The molecule has 0 saturated carbocycles. The zero-order valence-corrected chi connectivity index (χ0v) is 12.5. The van der Waals surface area contributed by atoms with Gasteiger partial charge in [-0.25, -0.2) is 0 Å². The van der Waals surface area contributed by atoms with Crippen molar-refractivity contribution >= 4 is 11.6 Å². The van der Waals surface area contributed by atoms with Gasteiger partial charge in [0, 0.05) is 13.0 Å². The smallest absolute Gasteiger partial charge is 0.418 e. The van der Waals surface area contributed by atoms with E-state index < -0.39 is 23.7 Å². The molecule has 1 atom stereocenters. The molecule has 1 heterocycles. The molecule has 4 nitrogen and oxygen atoms in total. The Morgan fingerprint density at radius 1 is 1.22 bits per heavy atom. The highest BCUT2D eigenvalue weighted by atomic mass is 19.4. The average molecular weight is 326 g/mol. The lowest BCUT2D eigenvalue weighted by atomic mass is 10.1. The molecule has 124 valence electrons. The fraction of sp³-hybridized carbons (Fsp3) is 0.312. The molecule has 0 spiro atoms. The molecule has 23 heavy (non-hydrogen) atoms. The van der Waals surface area contributed by atoms with E-state index in [0.717, 1.165) is 11.8 Å². The number of halogens is 3. The molecule has 0 saturated heterocycles. The molecule has 2 rings (SSSR count). The number of amides is 1. The van der Waals surface area contributed by atoms with Crippen LogP contribution in [-0.4, -0.2) is 18.5 Å². The predicted molar refractivity (Wildman–Crippen MR) is 80.0 cm³/mol. The van der Waals surface area contributed by atoms with Crippen LogP contribution in [0.25, 0.3) is 0 Å². The van der Waals surface area contributed by atoms with Crippen LogP contribution in [0, 0.1) is 0 Å². The molecule has 0 unspecified atom stereocenters. The number of nitrogens with one attached hydrogen (secondary N) is 2. The van der Waals surface area contributed by atoms with Gasteiger partial charge in [0.15, 0.2) is 0 Å². The van der Waals surface area contributed by atoms with E-state index in [0.29, 0.717) is 13.0 Å².